The predicted molar refractivity (Wildman–Crippen MR) is 112 cm³/mol. The largest absolute Gasteiger partial charge is 0.479 e. The molecule has 32 heavy (non-hydrogen) atoms. The molecule has 3 heterocycles. The van der Waals surface area contributed by atoms with Gasteiger partial charge < -0.3 is 24.4 Å². The van der Waals surface area contributed by atoms with Gasteiger partial charge >= 0.3 is 0 Å². The Hall–Kier alpha value is -3.31. The number of amides is 2. The van der Waals surface area contributed by atoms with E-state index in [4.69, 9.17) is 14.2 Å². The summed E-state index contributed by atoms with van der Waals surface area (Å²) in [4.78, 5) is 26.4. The second-order valence-corrected chi connectivity index (χ2v) is 9.61. The lowest BCUT2D eigenvalue weighted by molar-refractivity contribution is -0.122. The summed E-state index contributed by atoms with van der Waals surface area (Å²) in [5.74, 6) is 1.02. The number of piperazine rings is 1. The van der Waals surface area contributed by atoms with Gasteiger partial charge in [-0.2, -0.15) is 4.31 Å². The molecule has 2 amide bonds. The number of hydrogen-bond donors (Lipinski definition) is 1. The molecule has 1 N–H and O–H groups in total. The minimum absolute atomic E-state index is 0.0604. The van der Waals surface area contributed by atoms with Gasteiger partial charge in [0, 0.05) is 31.7 Å². The molecule has 0 radical (unpaired) electrons. The van der Waals surface area contributed by atoms with E-state index in [2.05, 4.69) is 5.32 Å². The summed E-state index contributed by atoms with van der Waals surface area (Å²) >= 11 is 0. The lowest BCUT2D eigenvalue weighted by Crippen LogP contribution is -2.50. The van der Waals surface area contributed by atoms with Crippen LogP contribution in [0.15, 0.2) is 41.3 Å². The van der Waals surface area contributed by atoms with Crippen LogP contribution in [-0.2, 0) is 14.8 Å². The fraction of sp³-hybridized carbons (Fsp3) is 0.333. The van der Waals surface area contributed by atoms with Crippen molar-refractivity contribution in [3.63, 3.8) is 0 Å². The van der Waals surface area contributed by atoms with Crippen molar-refractivity contribution in [2.24, 2.45) is 0 Å². The fourth-order valence-corrected chi connectivity index (χ4v) is 5.29. The van der Waals surface area contributed by atoms with Crippen molar-refractivity contribution in [1.82, 2.24) is 9.21 Å². The first-order valence-electron chi connectivity index (χ1n) is 10.1. The Kier molecular flexibility index (Phi) is 4.94. The van der Waals surface area contributed by atoms with Crippen molar-refractivity contribution >= 4 is 27.5 Å². The van der Waals surface area contributed by atoms with E-state index < -0.39 is 16.1 Å². The van der Waals surface area contributed by atoms with Gasteiger partial charge in [0.15, 0.2) is 17.6 Å². The van der Waals surface area contributed by atoms with Gasteiger partial charge in [-0.25, -0.2) is 8.42 Å². The minimum Gasteiger partial charge on any atom is -0.479 e. The van der Waals surface area contributed by atoms with Crippen LogP contribution in [0.4, 0.5) is 5.69 Å². The molecule has 1 fully saturated rings. The maximum atomic E-state index is 13.1. The number of nitrogens with one attached hydrogen (secondary N) is 1. The third-order valence-corrected chi connectivity index (χ3v) is 7.56. The highest BCUT2D eigenvalue weighted by atomic mass is 32.2. The van der Waals surface area contributed by atoms with Crippen LogP contribution in [0, 0.1) is 0 Å². The Labute approximate surface area is 184 Å². The Morgan fingerprint density at radius 1 is 1.00 bits per heavy atom. The summed E-state index contributed by atoms with van der Waals surface area (Å²) in [5.41, 5.74) is 0.788. The second kappa shape index (κ2) is 7.68. The molecule has 5 rings (SSSR count). The van der Waals surface area contributed by atoms with Gasteiger partial charge in [-0.1, -0.05) is 0 Å². The zero-order chi connectivity index (χ0) is 22.5. The van der Waals surface area contributed by atoms with Crippen LogP contribution in [0.25, 0.3) is 0 Å². The van der Waals surface area contributed by atoms with Gasteiger partial charge in [-0.15, -0.1) is 0 Å². The normalized spacial score (nSPS) is 20.3. The average molecular weight is 459 g/mol. The van der Waals surface area contributed by atoms with Crippen LogP contribution in [0.2, 0.25) is 0 Å². The van der Waals surface area contributed by atoms with E-state index in [0.29, 0.717) is 28.5 Å². The maximum absolute atomic E-state index is 13.1. The summed E-state index contributed by atoms with van der Waals surface area (Å²) < 4.78 is 43.7. The molecule has 1 unspecified atom stereocenters. The molecule has 11 heteroatoms. The Morgan fingerprint density at radius 2 is 1.72 bits per heavy atom. The van der Waals surface area contributed by atoms with E-state index in [1.54, 1.807) is 30.0 Å². The minimum atomic E-state index is -3.80. The van der Waals surface area contributed by atoms with Crippen molar-refractivity contribution in [3.05, 3.63) is 42.0 Å². The third kappa shape index (κ3) is 3.53. The van der Waals surface area contributed by atoms with Crippen LogP contribution in [0.3, 0.4) is 0 Å². The smallest absolute Gasteiger partial charge is 0.265 e. The van der Waals surface area contributed by atoms with Gasteiger partial charge in [0.2, 0.25) is 16.8 Å². The molecule has 0 bridgehead atoms. The van der Waals surface area contributed by atoms with E-state index in [1.165, 1.54) is 22.5 Å². The molecule has 168 valence electrons. The second-order valence-electron chi connectivity index (χ2n) is 7.67. The molecule has 0 aromatic heterocycles. The third-order valence-electron chi connectivity index (χ3n) is 5.67. The van der Waals surface area contributed by atoms with Crippen molar-refractivity contribution in [1.29, 1.82) is 0 Å². The number of nitrogens with zero attached hydrogens (tertiary/aromatic N) is 2. The number of anilines is 1. The van der Waals surface area contributed by atoms with Crippen LogP contribution >= 0.6 is 0 Å². The molecule has 3 aliphatic rings. The standard InChI is InChI=1S/C21H21N3O7S/c1-13-20(25)22-16-11-15(3-5-17(16)31-13)32(27,28)24-8-6-23(7-9-24)21(26)14-2-4-18-19(10-14)30-12-29-18/h2-5,10-11,13H,6-9,12H2,1H3,(H,22,25). The van der Waals surface area contributed by atoms with Crippen LogP contribution < -0.4 is 19.5 Å². The number of sulfonamides is 1. The average Bonchev–Trinajstić information content (AvgIpc) is 3.27. The van der Waals surface area contributed by atoms with Crippen molar-refractivity contribution < 1.29 is 32.2 Å². The number of benzene rings is 2. The van der Waals surface area contributed by atoms with Crippen LogP contribution in [0.1, 0.15) is 17.3 Å². The highest BCUT2D eigenvalue weighted by Crippen LogP contribution is 2.34. The SMILES string of the molecule is CC1Oc2ccc(S(=O)(=O)N3CCN(C(=O)c4ccc5c(c4)OCO5)CC3)cc2NC1=O. The molecular formula is C21H21N3O7S. The number of carbonyl (C=O) groups excluding carboxylic acids is 2. The van der Waals surface area contributed by atoms with E-state index in [0.717, 1.165) is 0 Å². The molecule has 3 aliphatic heterocycles. The number of carbonyl (C=O) groups is 2. The van der Waals surface area contributed by atoms with Gasteiger partial charge in [-0.3, -0.25) is 9.59 Å². The first-order valence-corrected chi connectivity index (χ1v) is 11.6. The zero-order valence-electron chi connectivity index (χ0n) is 17.2. The molecule has 1 atom stereocenters. The fourth-order valence-electron chi connectivity index (χ4n) is 3.84. The Morgan fingerprint density at radius 3 is 2.50 bits per heavy atom. The van der Waals surface area contributed by atoms with Gasteiger partial charge in [-0.05, 0) is 43.3 Å². The summed E-state index contributed by atoms with van der Waals surface area (Å²) in [5, 5.41) is 2.66. The molecule has 1 saturated heterocycles. The predicted octanol–water partition coefficient (Wildman–Crippen LogP) is 1.28. The first kappa shape index (κ1) is 20.6. The summed E-state index contributed by atoms with van der Waals surface area (Å²) in [6.07, 6.45) is -0.639. The van der Waals surface area contributed by atoms with Crippen molar-refractivity contribution in [2.45, 2.75) is 17.9 Å². The van der Waals surface area contributed by atoms with E-state index in [1.807, 2.05) is 0 Å². The van der Waals surface area contributed by atoms with Crippen LogP contribution in [0.5, 0.6) is 17.2 Å². The molecule has 2 aromatic carbocycles. The number of hydrogen-bond acceptors (Lipinski definition) is 7. The number of ether oxygens (including phenoxy) is 3. The molecular weight excluding hydrogens is 438 g/mol. The monoisotopic (exact) mass is 459 g/mol. The Bertz CT molecular complexity index is 1210. The van der Waals surface area contributed by atoms with Crippen molar-refractivity contribution in [3.8, 4) is 17.2 Å². The molecule has 0 spiro atoms. The van der Waals surface area contributed by atoms with Gasteiger partial charge in [0.05, 0.1) is 10.6 Å². The highest BCUT2D eigenvalue weighted by molar-refractivity contribution is 7.89. The van der Waals surface area contributed by atoms with E-state index >= 15 is 0 Å². The molecule has 2 aromatic rings. The summed E-state index contributed by atoms with van der Waals surface area (Å²) in [7, 11) is -3.80. The topological polar surface area (TPSA) is 114 Å². The van der Waals surface area contributed by atoms with Gasteiger partial charge in [0.25, 0.3) is 11.8 Å². The highest BCUT2D eigenvalue weighted by Gasteiger charge is 2.32. The number of fused-ring (bicyclic) bond motifs is 2. The quantitative estimate of drug-likeness (QED) is 0.735. The lowest BCUT2D eigenvalue weighted by Gasteiger charge is -2.34. The van der Waals surface area contributed by atoms with Crippen LogP contribution in [-0.4, -0.2) is 68.5 Å². The molecule has 0 aliphatic carbocycles. The van der Waals surface area contributed by atoms with Gasteiger partial charge in [0.1, 0.15) is 5.75 Å². The van der Waals surface area contributed by atoms with E-state index in [9.17, 15) is 18.0 Å². The van der Waals surface area contributed by atoms with E-state index in [-0.39, 0.29) is 49.7 Å². The summed E-state index contributed by atoms with van der Waals surface area (Å²) in [6.45, 7) is 2.59. The maximum Gasteiger partial charge on any atom is 0.265 e. The lowest BCUT2D eigenvalue weighted by atomic mass is 10.1. The first-order chi connectivity index (χ1) is 15.3. The Balaban J connectivity index is 1.28. The molecule has 0 saturated carbocycles. The zero-order valence-corrected chi connectivity index (χ0v) is 18.1. The number of rotatable bonds is 3. The van der Waals surface area contributed by atoms with Crippen molar-refractivity contribution in [2.75, 3.05) is 38.3 Å². The molecule has 10 nitrogen and oxygen atoms in total. The summed E-state index contributed by atoms with van der Waals surface area (Å²) in [6, 6.07) is 9.40.